The van der Waals surface area contributed by atoms with Gasteiger partial charge in [0.25, 0.3) is 0 Å². The van der Waals surface area contributed by atoms with E-state index in [0.29, 0.717) is 13.1 Å². The van der Waals surface area contributed by atoms with E-state index in [0.717, 1.165) is 4.48 Å². The first-order chi connectivity index (χ1) is 6.10. The second-order valence-electron chi connectivity index (χ2n) is 2.59. The fraction of sp³-hybridized carbons (Fsp3) is 0.625. The van der Waals surface area contributed by atoms with Crippen molar-refractivity contribution in [3.8, 4) is 0 Å². The van der Waals surface area contributed by atoms with Crippen molar-refractivity contribution in [3.05, 3.63) is 11.1 Å². The highest BCUT2D eigenvalue weighted by Gasteiger charge is 2.10. The van der Waals surface area contributed by atoms with Gasteiger partial charge in [-0.05, 0) is 0 Å². The fourth-order valence-electron chi connectivity index (χ4n) is 0.736. The van der Waals surface area contributed by atoms with Crippen LogP contribution in [0.5, 0.6) is 0 Å². The van der Waals surface area contributed by atoms with Gasteiger partial charge in [0.15, 0.2) is 0 Å². The third kappa shape index (κ3) is 6.74. The van der Waals surface area contributed by atoms with Crippen LogP contribution in [0.25, 0.3) is 0 Å². The van der Waals surface area contributed by atoms with E-state index in [4.69, 9.17) is 10.5 Å². The molecule has 0 saturated heterocycles. The van der Waals surface area contributed by atoms with Gasteiger partial charge in [-0.15, -0.1) is 0 Å². The monoisotopic (exact) mass is 250 g/mol. The average molecular weight is 251 g/mol. The average Bonchev–Trinajstić information content (AvgIpc) is 2.10. The van der Waals surface area contributed by atoms with Gasteiger partial charge in [-0.2, -0.15) is 0 Å². The van der Waals surface area contributed by atoms with Gasteiger partial charge in [-0.1, -0.05) is 22.5 Å². The smallest absolute Gasteiger partial charge is 0.222 e. The third-order valence-electron chi connectivity index (χ3n) is 1.49. The molecule has 13 heavy (non-hydrogen) atoms. The summed E-state index contributed by atoms with van der Waals surface area (Å²) in [5.74, 6) is -0.0853. The minimum absolute atomic E-state index is 0.0853. The van der Waals surface area contributed by atoms with Gasteiger partial charge >= 0.3 is 0 Å². The Bertz CT molecular complexity index is 181. The summed E-state index contributed by atoms with van der Waals surface area (Å²) in [6.07, 6.45) is 0.0800. The van der Waals surface area contributed by atoms with Crippen LogP contribution < -0.4 is 11.1 Å². The van der Waals surface area contributed by atoms with Gasteiger partial charge in [-0.25, -0.2) is 0 Å². The van der Waals surface area contributed by atoms with Crippen molar-refractivity contribution >= 4 is 21.8 Å². The number of carbonyl (C=O) groups excluding carboxylic acids is 1. The standard InChI is InChI=1S/C8H15BrN2O2/c1-6(9)5-11-8(12)3-7(4-10)13-2/h7H,1,3-5,10H2,2H3,(H,11,12). The normalized spacial score (nSPS) is 12.2. The highest BCUT2D eigenvalue weighted by atomic mass is 79.9. The summed E-state index contributed by atoms with van der Waals surface area (Å²) in [5.41, 5.74) is 5.36. The van der Waals surface area contributed by atoms with Crippen LogP contribution in [-0.2, 0) is 9.53 Å². The number of halogens is 1. The Morgan fingerprint density at radius 2 is 2.38 bits per heavy atom. The molecule has 3 N–H and O–H groups in total. The minimum Gasteiger partial charge on any atom is -0.380 e. The Labute approximate surface area is 86.6 Å². The van der Waals surface area contributed by atoms with Crippen LogP contribution in [0.2, 0.25) is 0 Å². The lowest BCUT2D eigenvalue weighted by Gasteiger charge is -2.12. The Morgan fingerprint density at radius 1 is 1.77 bits per heavy atom. The van der Waals surface area contributed by atoms with Crippen molar-refractivity contribution in [1.82, 2.24) is 5.32 Å². The molecule has 0 aliphatic heterocycles. The molecule has 0 spiro atoms. The van der Waals surface area contributed by atoms with Crippen molar-refractivity contribution < 1.29 is 9.53 Å². The first-order valence-corrected chi connectivity index (χ1v) is 4.72. The fourth-order valence-corrected chi connectivity index (χ4v) is 0.877. The van der Waals surface area contributed by atoms with Crippen LogP contribution >= 0.6 is 15.9 Å². The maximum absolute atomic E-state index is 11.2. The van der Waals surface area contributed by atoms with E-state index >= 15 is 0 Å². The predicted octanol–water partition coefficient (Wildman–Crippen LogP) is 0.375. The molecule has 1 unspecified atom stereocenters. The summed E-state index contributed by atoms with van der Waals surface area (Å²) in [6.45, 7) is 4.37. The molecule has 0 aromatic carbocycles. The van der Waals surface area contributed by atoms with Crippen molar-refractivity contribution in [3.63, 3.8) is 0 Å². The number of methoxy groups -OCH3 is 1. The number of nitrogens with one attached hydrogen (secondary N) is 1. The van der Waals surface area contributed by atoms with Crippen LogP contribution in [0, 0.1) is 0 Å². The minimum atomic E-state index is -0.205. The molecule has 4 nitrogen and oxygen atoms in total. The van der Waals surface area contributed by atoms with Crippen LogP contribution in [0.3, 0.4) is 0 Å². The zero-order valence-electron chi connectivity index (χ0n) is 7.68. The SMILES string of the molecule is C=C(Br)CNC(=O)CC(CN)OC. The second kappa shape index (κ2) is 7.06. The van der Waals surface area contributed by atoms with Crippen LogP contribution in [-0.4, -0.2) is 32.2 Å². The summed E-state index contributed by atoms with van der Waals surface area (Å²) < 4.78 is 5.70. The van der Waals surface area contributed by atoms with Crippen molar-refractivity contribution in [2.24, 2.45) is 5.73 Å². The van der Waals surface area contributed by atoms with Crippen molar-refractivity contribution in [2.75, 3.05) is 20.2 Å². The van der Waals surface area contributed by atoms with Gasteiger partial charge in [-0.3, -0.25) is 4.79 Å². The lowest BCUT2D eigenvalue weighted by Crippen LogP contribution is -2.32. The largest absolute Gasteiger partial charge is 0.380 e. The van der Waals surface area contributed by atoms with E-state index in [1.54, 1.807) is 0 Å². The molecule has 0 aliphatic rings. The highest BCUT2D eigenvalue weighted by Crippen LogP contribution is 1.98. The Balaban J connectivity index is 3.66. The number of nitrogens with two attached hydrogens (primary N) is 1. The summed E-state index contributed by atoms with van der Waals surface area (Å²) in [6, 6.07) is 0. The van der Waals surface area contributed by atoms with Crippen LogP contribution in [0.1, 0.15) is 6.42 Å². The predicted molar refractivity (Wildman–Crippen MR) is 55.5 cm³/mol. The first kappa shape index (κ1) is 12.6. The molecule has 0 aliphatic carbocycles. The molecule has 0 aromatic heterocycles. The summed E-state index contributed by atoms with van der Waals surface area (Å²) in [7, 11) is 1.54. The van der Waals surface area contributed by atoms with Gasteiger partial charge in [0.2, 0.25) is 5.91 Å². The molecule has 1 atom stereocenters. The van der Waals surface area contributed by atoms with Gasteiger partial charge in [0, 0.05) is 24.7 Å². The van der Waals surface area contributed by atoms with E-state index < -0.39 is 0 Å². The van der Waals surface area contributed by atoms with E-state index in [1.807, 2.05) is 0 Å². The molecular formula is C8H15BrN2O2. The van der Waals surface area contributed by atoms with E-state index in [2.05, 4.69) is 27.8 Å². The Hall–Kier alpha value is -0.390. The van der Waals surface area contributed by atoms with Gasteiger partial charge in [0.05, 0.1) is 12.5 Å². The van der Waals surface area contributed by atoms with E-state index in [1.165, 1.54) is 7.11 Å². The van der Waals surface area contributed by atoms with E-state index in [9.17, 15) is 4.79 Å². The molecular weight excluding hydrogens is 236 g/mol. The number of hydrogen-bond acceptors (Lipinski definition) is 3. The first-order valence-electron chi connectivity index (χ1n) is 3.93. The van der Waals surface area contributed by atoms with Crippen molar-refractivity contribution in [1.29, 1.82) is 0 Å². The Kier molecular flexibility index (Phi) is 6.84. The molecule has 0 heterocycles. The molecule has 0 aromatic rings. The molecule has 76 valence electrons. The summed E-state index contributed by atoms with van der Waals surface area (Å²) in [4.78, 5) is 11.2. The number of ether oxygens (including phenoxy) is 1. The lowest BCUT2D eigenvalue weighted by molar-refractivity contribution is -0.123. The molecule has 0 saturated carbocycles. The quantitative estimate of drug-likeness (QED) is 0.717. The molecule has 5 heteroatoms. The topological polar surface area (TPSA) is 64.4 Å². The zero-order chi connectivity index (χ0) is 10.3. The number of carbonyl (C=O) groups is 1. The maximum Gasteiger partial charge on any atom is 0.222 e. The molecule has 1 amide bonds. The zero-order valence-corrected chi connectivity index (χ0v) is 9.26. The number of rotatable bonds is 6. The highest BCUT2D eigenvalue weighted by molar-refractivity contribution is 9.11. The van der Waals surface area contributed by atoms with Gasteiger partial charge in [0.1, 0.15) is 0 Å². The Morgan fingerprint density at radius 3 is 2.77 bits per heavy atom. The maximum atomic E-state index is 11.2. The molecule has 0 fully saturated rings. The van der Waals surface area contributed by atoms with Gasteiger partial charge < -0.3 is 15.8 Å². The van der Waals surface area contributed by atoms with Crippen LogP contribution in [0.15, 0.2) is 11.1 Å². The number of hydrogen-bond donors (Lipinski definition) is 2. The molecule has 0 rings (SSSR count). The molecule has 0 radical (unpaired) electrons. The third-order valence-corrected chi connectivity index (χ3v) is 1.77. The summed E-state index contributed by atoms with van der Waals surface area (Å²) in [5, 5.41) is 2.66. The van der Waals surface area contributed by atoms with E-state index in [-0.39, 0.29) is 18.4 Å². The number of amides is 1. The molecule has 0 bridgehead atoms. The second-order valence-corrected chi connectivity index (χ2v) is 3.71. The van der Waals surface area contributed by atoms with Crippen molar-refractivity contribution in [2.45, 2.75) is 12.5 Å². The summed E-state index contributed by atoms with van der Waals surface area (Å²) >= 11 is 3.14. The lowest BCUT2D eigenvalue weighted by atomic mass is 10.2. The van der Waals surface area contributed by atoms with Crippen LogP contribution in [0.4, 0.5) is 0 Å².